The van der Waals surface area contributed by atoms with Gasteiger partial charge in [-0.3, -0.25) is 9.97 Å². The predicted octanol–water partition coefficient (Wildman–Crippen LogP) is 3.80. The minimum absolute atomic E-state index is 0.0491. The van der Waals surface area contributed by atoms with Gasteiger partial charge in [0.2, 0.25) is 0 Å². The van der Waals surface area contributed by atoms with Crippen molar-refractivity contribution in [2.45, 2.75) is 19.3 Å². The standard InChI is InChI=1S/C18H18N4O/c23-18(22-10-2-1-3-11-22)21-16-12-15-13(6-4-8-19-15)14-7-5-9-20-17(14)16/h4-9,12H,1-3,10-11H2,(H,21,23). The third kappa shape index (κ3) is 2.59. The molecule has 0 unspecified atom stereocenters. The second kappa shape index (κ2) is 5.83. The van der Waals surface area contributed by atoms with Crippen LogP contribution in [-0.2, 0) is 0 Å². The number of rotatable bonds is 1. The number of carbonyl (C=O) groups excluding carboxylic acids is 1. The van der Waals surface area contributed by atoms with Gasteiger partial charge in [0.15, 0.2) is 0 Å². The quantitative estimate of drug-likeness (QED) is 0.696. The number of hydrogen-bond acceptors (Lipinski definition) is 3. The fraction of sp³-hybridized carbons (Fsp3) is 0.278. The van der Waals surface area contributed by atoms with Crippen LogP contribution in [0.15, 0.2) is 42.7 Å². The van der Waals surface area contributed by atoms with Crippen molar-refractivity contribution in [1.29, 1.82) is 0 Å². The lowest BCUT2D eigenvalue weighted by Gasteiger charge is -2.27. The summed E-state index contributed by atoms with van der Waals surface area (Å²) in [6, 6.07) is 9.73. The molecule has 1 N–H and O–H groups in total. The van der Waals surface area contributed by atoms with Crippen molar-refractivity contribution in [1.82, 2.24) is 14.9 Å². The van der Waals surface area contributed by atoms with E-state index in [9.17, 15) is 4.79 Å². The van der Waals surface area contributed by atoms with Crippen LogP contribution < -0.4 is 5.32 Å². The van der Waals surface area contributed by atoms with E-state index in [2.05, 4.69) is 15.3 Å². The first-order valence-corrected chi connectivity index (χ1v) is 8.01. The lowest BCUT2D eigenvalue weighted by molar-refractivity contribution is 0.200. The summed E-state index contributed by atoms with van der Waals surface area (Å²) in [6.07, 6.45) is 6.87. The van der Waals surface area contributed by atoms with Crippen LogP contribution in [0, 0.1) is 0 Å². The first-order chi connectivity index (χ1) is 11.3. The fourth-order valence-electron chi connectivity index (χ4n) is 3.19. The van der Waals surface area contributed by atoms with Gasteiger partial charge in [0.05, 0.1) is 16.7 Å². The number of pyridine rings is 2. The number of piperidine rings is 1. The highest BCUT2D eigenvalue weighted by Crippen LogP contribution is 2.29. The number of aromatic nitrogens is 2. The van der Waals surface area contributed by atoms with Gasteiger partial charge in [-0.2, -0.15) is 0 Å². The Morgan fingerprint density at radius 2 is 1.74 bits per heavy atom. The molecule has 5 nitrogen and oxygen atoms in total. The maximum absolute atomic E-state index is 12.5. The second-order valence-corrected chi connectivity index (χ2v) is 5.87. The highest BCUT2D eigenvalue weighted by Gasteiger charge is 2.18. The molecule has 3 heterocycles. The zero-order valence-electron chi connectivity index (χ0n) is 12.8. The minimum atomic E-state index is -0.0491. The largest absolute Gasteiger partial charge is 0.325 e. The van der Waals surface area contributed by atoms with Gasteiger partial charge in [-0.05, 0) is 37.5 Å². The van der Waals surface area contributed by atoms with E-state index in [1.165, 1.54) is 6.42 Å². The number of likely N-dealkylation sites (tertiary alicyclic amines) is 1. The average molecular weight is 306 g/mol. The van der Waals surface area contributed by atoms with Gasteiger partial charge in [0, 0.05) is 36.3 Å². The van der Waals surface area contributed by atoms with E-state index in [0.29, 0.717) is 0 Å². The second-order valence-electron chi connectivity index (χ2n) is 5.87. The van der Waals surface area contributed by atoms with Gasteiger partial charge in [0.1, 0.15) is 0 Å². The van der Waals surface area contributed by atoms with Crippen LogP contribution in [-0.4, -0.2) is 34.0 Å². The number of carbonyl (C=O) groups is 1. The Morgan fingerprint density at radius 1 is 1.00 bits per heavy atom. The smallest absolute Gasteiger partial charge is 0.321 e. The molecular formula is C18H18N4O. The summed E-state index contributed by atoms with van der Waals surface area (Å²) in [5.74, 6) is 0. The van der Waals surface area contributed by atoms with E-state index in [1.54, 1.807) is 12.4 Å². The SMILES string of the molecule is O=C(Nc1cc2ncccc2c2cccnc12)N1CCCCC1. The molecule has 116 valence electrons. The normalized spacial score (nSPS) is 15.0. The zero-order valence-corrected chi connectivity index (χ0v) is 12.8. The molecule has 3 aromatic rings. The molecule has 0 radical (unpaired) electrons. The number of nitrogens with zero attached hydrogens (tertiary/aromatic N) is 3. The molecule has 23 heavy (non-hydrogen) atoms. The first kappa shape index (κ1) is 13.9. The number of fused-ring (bicyclic) bond motifs is 3. The van der Waals surface area contributed by atoms with Crippen molar-refractivity contribution >= 4 is 33.5 Å². The Labute approximate surface area is 134 Å². The minimum Gasteiger partial charge on any atom is -0.325 e. The Balaban J connectivity index is 1.77. The Hall–Kier alpha value is -2.69. The van der Waals surface area contributed by atoms with Crippen molar-refractivity contribution in [3.63, 3.8) is 0 Å². The Kier molecular flexibility index (Phi) is 3.54. The monoisotopic (exact) mass is 306 g/mol. The molecule has 0 aliphatic carbocycles. The summed E-state index contributed by atoms with van der Waals surface area (Å²) in [5.41, 5.74) is 2.39. The Morgan fingerprint density at radius 3 is 2.57 bits per heavy atom. The van der Waals surface area contributed by atoms with Gasteiger partial charge in [0.25, 0.3) is 0 Å². The van der Waals surface area contributed by atoms with E-state index in [0.717, 1.165) is 53.4 Å². The predicted molar refractivity (Wildman–Crippen MR) is 91.5 cm³/mol. The van der Waals surface area contributed by atoms with E-state index in [1.807, 2.05) is 35.2 Å². The molecule has 1 fully saturated rings. The third-order valence-corrected chi connectivity index (χ3v) is 4.36. The molecule has 0 bridgehead atoms. The highest BCUT2D eigenvalue weighted by molar-refractivity contribution is 6.12. The fourth-order valence-corrected chi connectivity index (χ4v) is 3.19. The molecule has 4 rings (SSSR count). The molecule has 0 atom stereocenters. The molecule has 5 heteroatoms. The first-order valence-electron chi connectivity index (χ1n) is 8.01. The average Bonchev–Trinajstić information content (AvgIpc) is 2.62. The highest BCUT2D eigenvalue weighted by atomic mass is 16.2. The number of urea groups is 1. The summed E-state index contributed by atoms with van der Waals surface area (Å²) in [6.45, 7) is 1.64. The van der Waals surface area contributed by atoms with Gasteiger partial charge in [-0.25, -0.2) is 4.79 Å². The summed E-state index contributed by atoms with van der Waals surface area (Å²) < 4.78 is 0. The molecule has 2 aromatic heterocycles. The number of amides is 2. The molecule has 1 aliphatic rings. The summed E-state index contributed by atoms with van der Waals surface area (Å²) in [5, 5.41) is 5.09. The van der Waals surface area contributed by atoms with Crippen molar-refractivity contribution < 1.29 is 4.79 Å². The number of hydrogen-bond donors (Lipinski definition) is 1. The topological polar surface area (TPSA) is 58.1 Å². The molecular weight excluding hydrogens is 288 g/mol. The van der Waals surface area contributed by atoms with Crippen molar-refractivity contribution in [2.75, 3.05) is 18.4 Å². The lowest BCUT2D eigenvalue weighted by atomic mass is 10.1. The maximum atomic E-state index is 12.5. The summed E-state index contributed by atoms with van der Waals surface area (Å²) >= 11 is 0. The molecule has 1 saturated heterocycles. The van der Waals surface area contributed by atoms with Crippen LogP contribution >= 0.6 is 0 Å². The van der Waals surface area contributed by atoms with Gasteiger partial charge >= 0.3 is 6.03 Å². The number of nitrogens with one attached hydrogen (secondary N) is 1. The summed E-state index contributed by atoms with van der Waals surface area (Å²) in [7, 11) is 0. The van der Waals surface area contributed by atoms with Crippen LogP contribution in [0.1, 0.15) is 19.3 Å². The molecule has 2 amide bonds. The van der Waals surface area contributed by atoms with Gasteiger partial charge < -0.3 is 10.2 Å². The molecule has 1 aromatic carbocycles. The van der Waals surface area contributed by atoms with E-state index in [4.69, 9.17) is 0 Å². The van der Waals surface area contributed by atoms with Gasteiger partial charge in [-0.1, -0.05) is 12.1 Å². The lowest BCUT2D eigenvalue weighted by Crippen LogP contribution is -2.38. The van der Waals surface area contributed by atoms with Crippen LogP contribution in [0.2, 0.25) is 0 Å². The zero-order chi connectivity index (χ0) is 15.6. The number of anilines is 1. The van der Waals surface area contributed by atoms with E-state index >= 15 is 0 Å². The molecule has 0 saturated carbocycles. The van der Waals surface area contributed by atoms with Crippen molar-refractivity contribution in [3.05, 3.63) is 42.7 Å². The van der Waals surface area contributed by atoms with Gasteiger partial charge in [-0.15, -0.1) is 0 Å². The van der Waals surface area contributed by atoms with E-state index in [-0.39, 0.29) is 6.03 Å². The van der Waals surface area contributed by atoms with Crippen LogP contribution in [0.5, 0.6) is 0 Å². The summed E-state index contributed by atoms with van der Waals surface area (Å²) in [4.78, 5) is 23.3. The Bertz CT molecular complexity index is 871. The van der Waals surface area contributed by atoms with Crippen LogP contribution in [0.3, 0.4) is 0 Å². The van der Waals surface area contributed by atoms with Crippen LogP contribution in [0.25, 0.3) is 21.8 Å². The number of benzene rings is 1. The molecule has 0 spiro atoms. The maximum Gasteiger partial charge on any atom is 0.321 e. The third-order valence-electron chi connectivity index (χ3n) is 4.36. The van der Waals surface area contributed by atoms with Crippen LogP contribution in [0.4, 0.5) is 10.5 Å². The molecule has 1 aliphatic heterocycles. The van der Waals surface area contributed by atoms with Crippen molar-refractivity contribution in [2.24, 2.45) is 0 Å². The van der Waals surface area contributed by atoms with Crippen molar-refractivity contribution in [3.8, 4) is 0 Å². The van der Waals surface area contributed by atoms with E-state index < -0.39 is 0 Å².